The van der Waals surface area contributed by atoms with Gasteiger partial charge in [0.2, 0.25) is 0 Å². The maximum absolute atomic E-state index is 12.7. The van der Waals surface area contributed by atoms with Crippen LogP contribution in [0.1, 0.15) is 65.1 Å². The van der Waals surface area contributed by atoms with Crippen molar-refractivity contribution in [1.82, 2.24) is 9.80 Å². The largest absolute Gasteiger partial charge is 0.340 e. The molecule has 1 amide bonds. The number of likely N-dealkylation sites (N-methyl/N-ethyl adjacent to an activating group) is 2. The van der Waals surface area contributed by atoms with Gasteiger partial charge in [-0.1, -0.05) is 19.3 Å². The highest BCUT2D eigenvalue weighted by Crippen LogP contribution is 2.30. The van der Waals surface area contributed by atoms with Gasteiger partial charge in [0.05, 0.1) is 4.88 Å². The van der Waals surface area contributed by atoms with Crippen LogP contribution in [0.3, 0.4) is 0 Å². The number of hydrogen-bond donors (Lipinski definition) is 0. The van der Waals surface area contributed by atoms with Gasteiger partial charge in [0.25, 0.3) is 5.91 Å². The number of nitrogens with zero attached hydrogens (tertiary/aromatic N) is 2. The third kappa shape index (κ3) is 4.16. The quantitative estimate of drug-likeness (QED) is 0.813. The Balaban J connectivity index is 1.52. The molecule has 0 aliphatic heterocycles. The topological polar surface area (TPSA) is 23.6 Å². The maximum atomic E-state index is 12.7. The second kappa shape index (κ2) is 7.80. The second-order valence-electron chi connectivity index (χ2n) is 7.27. The van der Waals surface area contributed by atoms with Gasteiger partial charge in [-0.25, -0.2) is 0 Å². The van der Waals surface area contributed by atoms with Gasteiger partial charge in [-0.3, -0.25) is 4.79 Å². The van der Waals surface area contributed by atoms with Crippen molar-refractivity contribution in [3.05, 3.63) is 21.4 Å². The Morgan fingerprint density at radius 3 is 2.57 bits per heavy atom. The third-order valence-corrected chi connectivity index (χ3v) is 6.77. The standard InChI is InChI=1S/C19H30N2OS/c1-20(16-9-4-3-5-10-16)12-13-21(2)19(22)18-14-15-8-6-7-11-17(15)23-18/h14,16H,3-13H2,1-2H3. The highest BCUT2D eigenvalue weighted by molar-refractivity contribution is 7.14. The number of amides is 1. The van der Waals surface area contributed by atoms with Crippen LogP contribution in [0.15, 0.2) is 6.07 Å². The summed E-state index contributed by atoms with van der Waals surface area (Å²) >= 11 is 1.73. The van der Waals surface area contributed by atoms with Gasteiger partial charge >= 0.3 is 0 Å². The summed E-state index contributed by atoms with van der Waals surface area (Å²) in [6.45, 7) is 1.81. The monoisotopic (exact) mass is 334 g/mol. The molecule has 1 aromatic heterocycles. The van der Waals surface area contributed by atoms with E-state index in [1.54, 1.807) is 11.3 Å². The van der Waals surface area contributed by atoms with E-state index in [-0.39, 0.29) is 5.91 Å². The van der Waals surface area contributed by atoms with Crippen LogP contribution < -0.4 is 0 Å². The van der Waals surface area contributed by atoms with Crippen molar-refractivity contribution in [3.8, 4) is 0 Å². The first kappa shape index (κ1) is 17.0. The molecule has 0 atom stereocenters. The van der Waals surface area contributed by atoms with E-state index in [0.717, 1.165) is 30.4 Å². The average Bonchev–Trinajstić information content (AvgIpc) is 3.03. The summed E-state index contributed by atoms with van der Waals surface area (Å²) in [5.74, 6) is 0.210. The zero-order valence-electron chi connectivity index (χ0n) is 14.6. The maximum Gasteiger partial charge on any atom is 0.263 e. The summed E-state index contributed by atoms with van der Waals surface area (Å²) in [5.41, 5.74) is 1.43. The van der Waals surface area contributed by atoms with E-state index in [0.29, 0.717) is 0 Å². The lowest BCUT2D eigenvalue weighted by Gasteiger charge is -2.32. The van der Waals surface area contributed by atoms with Crippen LogP contribution in [0.5, 0.6) is 0 Å². The zero-order chi connectivity index (χ0) is 16.2. The molecule has 3 rings (SSSR count). The minimum absolute atomic E-state index is 0.210. The molecule has 1 fully saturated rings. The van der Waals surface area contributed by atoms with Crippen molar-refractivity contribution in [3.63, 3.8) is 0 Å². The first-order valence-electron chi connectivity index (χ1n) is 9.22. The summed E-state index contributed by atoms with van der Waals surface area (Å²) < 4.78 is 0. The minimum atomic E-state index is 0.210. The van der Waals surface area contributed by atoms with Gasteiger partial charge in [0, 0.05) is 31.1 Å². The van der Waals surface area contributed by atoms with E-state index in [1.807, 2.05) is 11.9 Å². The lowest BCUT2D eigenvalue weighted by Crippen LogP contribution is -2.40. The second-order valence-corrected chi connectivity index (χ2v) is 8.40. The summed E-state index contributed by atoms with van der Waals surface area (Å²) in [4.78, 5) is 19.4. The number of hydrogen-bond acceptors (Lipinski definition) is 3. The molecule has 23 heavy (non-hydrogen) atoms. The van der Waals surface area contributed by atoms with Crippen LogP contribution in [0, 0.1) is 0 Å². The molecule has 1 saturated carbocycles. The summed E-state index contributed by atoms with van der Waals surface area (Å²) in [6.07, 6.45) is 11.7. The van der Waals surface area contributed by atoms with E-state index in [9.17, 15) is 4.79 Å². The first-order chi connectivity index (χ1) is 11.1. The molecular formula is C19H30N2OS. The Bertz CT molecular complexity index is 510. The number of aryl methyl sites for hydroxylation is 2. The summed E-state index contributed by atoms with van der Waals surface area (Å²) in [5, 5.41) is 0. The molecular weight excluding hydrogens is 304 g/mol. The van der Waals surface area contributed by atoms with Crippen LogP contribution in [0.25, 0.3) is 0 Å². The lowest BCUT2D eigenvalue weighted by molar-refractivity contribution is 0.0772. The van der Waals surface area contributed by atoms with Crippen molar-refractivity contribution in [2.75, 3.05) is 27.2 Å². The lowest BCUT2D eigenvalue weighted by atomic mass is 9.94. The van der Waals surface area contributed by atoms with Crippen molar-refractivity contribution >= 4 is 17.2 Å². The fourth-order valence-corrected chi connectivity index (χ4v) is 5.15. The molecule has 0 saturated heterocycles. The van der Waals surface area contributed by atoms with Gasteiger partial charge in [-0.2, -0.15) is 0 Å². The van der Waals surface area contributed by atoms with Crippen LogP contribution in [0.4, 0.5) is 0 Å². The summed E-state index contributed by atoms with van der Waals surface area (Å²) in [6, 6.07) is 2.88. The number of thiophene rings is 1. The molecule has 2 aliphatic carbocycles. The predicted octanol–water partition coefficient (Wildman–Crippen LogP) is 3.96. The van der Waals surface area contributed by atoms with E-state index >= 15 is 0 Å². The Hall–Kier alpha value is -0.870. The smallest absolute Gasteiger partial charge is 0.263 e. The van der Waals surface area contributed by atoms with Crippen LogP contribution in [-0.2, 0) is 12.8 Å². The molecule has 2 aliphatic rings. The first-order valence-corrected chi connectivity index (χ1v) is 10.0. The molecule has 0 N–H and O–H groups in total. The molecule has 0 radical (unpaired) electrons. The van der Waals surface area contributed by atoms with Crippen molar-refractivity contribution < 1.29 is 4.79 Å². The van der Waals surface area contributed by atoms with Gasteiger partial charge < -0.3 is 9.80 Å². The molecule has 0 aromatic carbocycles. The van der Waals surface area contributed by atoms with Gasteiger partial charge in [0.15, 0.2) is 0 Å². The van der Waals surface area contributed by atoms with Crippen molar-refractivity contribution in [1.29, 1.82) is 0 Å². The van der Waals surface area contributed by atoms with Crippen LogP contribution in [-0.4, -0.2) is 48.9 Å². The van der Waals surface area contributed by atoms with Gasteiger partial charge in [0.1, 0.15) is 0 Å². The molecule has 3 nitrogen and oxygen atoms in total. The molecule has 0 unspecified atom stereocenters. The average molecular weight is 335 g/mol. The summed E-state index contributed by atoms with van der Waals surface area (Å²) in [7, 11) is 4.17. The van der Waals surface area contributed by atoms with E-state index in [1.165, 1.54) is 61.8 Å². The fraction of sp³-hybridized carbons (Fsp3) is 0.737. The van der Waals surface area contributed by atoms with Crippen LogP contribution in [0.2, 0.25) is 0 Å². The SMILES string of the molecule is CN(CCN(C)C1CCCCC1)C(=O)c1cc2c(s1)CCCC2. The van der Waals surface area contributed by atoms with E-state index in [2.05, 4.69) is 18.0 Å². The number of rotatable bonds is 5. The zero-order valence-corrected chi connectivity index (χ0v) is 15.5. The highest BCUT2D eigenvalue weighted by atomic mass is 32.1. The molecule has 1 heterocycles. The minimum Gasteiger partial charge on any atom is -0.340 e. The molecule has 128 valence electrons. The third-order valence-electron chi connectivity index (χ3n) is 5.54. The van der Waals surface area contributed by atoms with E-state index < -0.39 is 0 Å². The van der Waals surface area contributed by atoms with Crippen molar-refractivity contribution in [2.24, 2.45) is 0 Å². The Morgan fingerprint density at radius 2 is 1.83 bits per heavy atom. The van der Waals surface area contributed by atoms with E-state index in [4.69, 9.17) is 0 Å². The molecule has 0 bridgehead atoms. The Labute approximate surface area is 144 Å². The number of carbonyl (C=O) groups excluding carboxylic acids is 1. The van der Waals surface area contributed by atoms with Crippen LogP contribution >= 0.6 is 11.3 Å². The molecule has 4 heteroatoms. The number of fused-ring (bicyclic) bond motifs is 1. The highest BCUT2D eigenvalue weighted by Gasteiger charge is 2.21. The van der Waals surface area contributed by atoms with Gasteiger partial charge in [-0.15, -0.1) is 11.3 Å². The Kier molecular flexibility index (Phi) is 5.76. The van der Waals surface area contributed by atoms with Crippen molar-refractivity contribution in [2.45, 2.75) is 63.8 Å². The fourth-order valence-electron chi connectivity index (χ4n) is 3.90. The Morgan fingerprint density at radius 1 is 1.09 bits per heavy atom. The molecule has 0 spiro atoms. The molecule has 1 aromatic rings. The predicted molar refractivity (Wildman–Crippen MR) is 97.4 cm³/mol. The van der Waals surface area contributed by atoms with Gasteiger partial charge in [-0.05, 0) is 57.2 Å². The normalized spacial score (nSPS) is 18.9. The number of carbonyl (C=O) groups is 1.